The van der Waals surface area contributed by atoms with E-state index in [-0.39, 0.29) is 0 Å². The minimum absolute atomic E-state index is 0.468. The smallest absolute Gasteiger partial charge is 0.328 e. The molecule has 7 heteroatoms. The Morgan fingerprint density at radius 2 is 1.43 bits per heavy atom. The van der Waals surface area contributed by atoms with Crippen LogP contribution in [0, 0.1) is 22.2 Å². The Bertz CT molecular complexity index is 676. The maximum absolute atomic E-state index is 12.4. The van der Waals surface area contributed by atoms with Crippen molar-refractivity contribution in [3.05, 3.63) is 35.9 Å². The van der Waals surface area contributed by atoms with Gasteiger partial charge in [-0.25, -0.2) is 0 Å². The van der Waals surface area contributed by atoms with E-state index in [1.54, 1.807) is 36.4 Å². The summed E-state index contributed by atoms with van der Waals surface area (Å²) in [6.07, 6.45) is 0. The average Bonchev–Trinajstić information content (AvgIpc) is 3.25. The van der Waals surface area contributed by atoms with Gasteiger partial charge in [0.05, 0.1) is 27.4 Å². The van der Waals surface area contributed by atoms with Crippen LogP contribution in [0.25, 0.3) is 0 Å². The minimum Gasteiger partial charge on any atom is -0.468 e. The normalized spacial score (nSPS) is 24.0. The van der Waals surface area contributed by atoms with Gasteiger partial charge in [0.25, 0.3) is 0 Å². The molecule has 120 valence electrons. The van der Waals surface area contributed by atoms with Crippen molar-refractivity contribution in [3.8, 4) is 6.07 Å². The van der Waals surface area contributed by atoms with Crippen LogP contribution >= 0.6 is 0 Å². The number of nitrogens with zero attached hydrogens (tertiary/aromatic N) is 1. The van der Waals surface area contributed by atoms with E-state index in [1.807, 2.05) is 0 Å². The third-order valence-corrected chi connectivity index (χ3v) is 4.24. The van der Waals surface area contributed by atoms with E-state index >= 15 is 0 Å². The zero-order chi connectivity index (χ0) is 17.3. The first-order chi connectivity index (χ1) is 11.0. The lowest BCUT2D eigenvalue weighted by molar-refractivity contribution is -0.167. The van der Waals surface area contributed by atoms with Crippen molar-refractivity contribution in [1.82, 2.24) is 0 Å². The van der Waals surface area contributed by atoms with Crippen LogP contribution in [-0.4, -0.2) is 39.2 Å². The molecule has 0 radical (unpaired) electrons. The number of rotatable bonds is 4. The molecule has 1 aromatic carbocycles. The highest BCUT2D eigenvalue weighted by Gasteiger charge is 2.92. The van der Waals surface area contributed by atoms with Gasteiger partial charge in [-0.15, -0.1) is 0 Å². The van der Waals surface area contributed by atoms with E-state index < -0.39 is 34.7 Å². The number of carbonyl (C=O) groups is 3. The summed E-state index contributed by atoms with van der Waals surface area (Å²) < 4.78 is 14.1. The zero-order valence-corrected chi connectivity index (χ0v) is 12.9. The summed E-state index contributed by atoms with van der Waals surface area (Å²) >= 11 is 0. The van der Waals surface area contributed by atoms with Crippen LogP contribution in [0.1, 0.15) is 11.5 Å². The lowest BCUT2D eigenvalue weighted by Gasteiger charge is -2.14. The van der Waals surface area contributed by atoms with Crippen molar-refractivity contribution in [2.75, 3.05) is 21.3 Å². The Morgan fingerprint density at radius 1 is 0.957 bits per heavy atom. The Hall–Kier alpha value is -2.88. The van der Waals surface area contributed by atoms with Crippen molar-refractivity contribution in [2.45, 2.75) is 5.92 Å². The minimum atomic E-state index is -2.08. The van der Waals surface area contributed by atoms with Crippen LogP contribution < -0.4 is 0 Å². The topological polar surface area (TPSA) is 103 Å². The van der Waals surface area contributed by atoms with Crippen molar-refractivity contribution in [1.29, 1.82) is 5.26 Å². The standard InChI is InChI=1S/C16H15NO6/c1-21-12(18)15(9-17)11(10-7-5-4-6-8-10)16(15,13(19)22-2)14(20)23-3/h4-8,11H,1-3H3/t11-,15+/m0/s1. The van der Waals surface area contributed by atoms with E-state index in [1.165, 1.54) is 0 Å². The van der Waals surface area contributed by atoms with E-state index in [0.717, 1.165) is 21.3 Å². The Labute approximate surface area is 132 Å². The maximum atomic E-state index is 12.4. The van der Waals surface area contributed by atoms with Gasteiger partial charge >= 0.3 is 17.9 Å². The maximum Gasteiger partial charge on any atom is 0.328 e. The molecule has 0 amide bonds. The van der Waals surface area contributed by atoms with E-state index in [0.29, 0.717) is 5.56 Å². The number of carbonyl (C=O) groups excluding carboxylic acids is 3. The zero-order valence-electron chi connectivity index (χ0n) is 12.9. The molecule has 2 rings (SSSR count). The van der Waals surface area contributed by atoms with Crippen molar-refractivity contribution in [3.63, 3.8) is 0 Å². The van der Waals surface area contributed by atoms with Gasteiger partial charge in [0, 0.05) is 5.92 Å². The van der Waals surface area contributed by atoms with Crippen molar-refractivity contribution >= 4 is 17.9 Å². The number of esters is 3. The monoisotopic (exact) mass is 317 g/mol. The third-order valence-electron chi connectivity index (χ3n) is 4.24. The van der Waals surface area contributed by atoms with Gasteiger partial charge in [-0.3, -0.25) is 14.4 Å². The molecule has 2 atom stereocenters. The Balaban J connectivity index is 2.75. The molecular formula is C16H15NO6. The molecule has 0 aromatic heterocycles. The number of ether oxygens (including phenoxy) is 3. The molecule has 0 unspecified atom stereocenters. The van der Waals surface area contributed by atoms with Gasteiger partial charge in [0.1, 0.15) is 0 Å². The van der Waals surface area contributed by atoms with Crippen LogP contribution in [0.2, 0.25) is 0 Å². The molecule has 0 bridgehead atoms. The fraction of sp³-hybridized carbons (Fsp3) is 0.375. The SMILES string of the molecule is COC(=O)C1(C(=O)OC)[C@@H](c2ccccc2)[C@]1(C#N)C(=O)OC. The van der Waals surface area contributed by atoms with E-state index in [9.17, 15) is 19.6 Å². The van der Waals surface area contributed by atoms with E-state index in [4.69, 9.17) is 9.47 Å². The first-order valence-corrected chi connectivity index (χ1v) is 6.70. The number of hydrogen-bond acceptors (Lipinski definition) is 7. The van der Waals surface area contributed by atoms with Gasteiger partial charge in [-0.2, -0.15) is 5.26 Å². The highest BCUT2D eigenvalue weighted by molar-refractivity contribution is 6.15. The fourth-order valence-corrected chi connectivity index (χ4v) is 3.22. The predicted octanol–water partition coefficient (Wildman–Crippen LogP) is 0.799. The summed E-state index contributed by atoms with van der Waals surface area (Å²) in [5.74, 6) is -4.05. The molecule has 1 aliphatic rings. The molecule has 0 aliphatic heterocycles. The van der Waals surface area contributed by atoms with Crippen LogP contribution in [0.3, 0.4) is 0 Å². The van der Waals surface area contributed by atoms with Crippen LogP contribution in [0.15, 0.2) is 30.3 Å². The van der Waals surface area contributed by atoms with Crippen LogP contribution in [0.5, 0.6) is 0 Å². The lowest BCUT2D eigenvalue weighted by Crippen LogP contribution is -2.37. The fourth-order valence-electron chi connectivity index (χ4n) is 3.22. The second-order valence-corrected chi connectivity index (χ2v) is 5.05. The summed E-state index contributed by atoms with van der Waals surface area (Å²) in [6, 6.07) is 10.1. The number of methoxy groups -OCH3 is 3. The molecule has 1 aliphatic carbocycles. The van der Waals surface area contributed by atoms with Crippen LogP contribution in [0.4, 0.5) is 0 Å². The summed E-state index contributed by atoms with van der Waals surface area (Å²) in [6.45, 7) is 0. The largest absolute Gasteiger partial charge is 0.468 e. The van der Waals surface area contributed by atoms with Crippen molar-refractivity contribution < 1.29 is 28.6 Å². The molecule has 0 spiro atoms. The van der Waals surface area contributed by atoms with E-state index in [2.05, 4.69) is 4.74 Å². The van der Waals surface area contributed by atoms with Crippen molar-refractivity contribution in [2.24, 2.45) is 10.8 Å². The quantitative estimate of drug-likeness (QED) is 0.459. The van der Waals surface area contributed by atoms with Gasteiger partial charge in [-0.1, -0.05) is 30.3 Å². The first kappa shape index (κ1) is 16.5. The molecule has 0 N–H and O–H groups in total. The van der Waals surface area contributed by atoms with Gasteiger partial charge < -0.3 is 14.2 Å². The highest BCUT2D eigenvalue weighted by atomic mass is 16.6. The molecule has 23 heavy (non-hydrogen) atoms. The number of hydrogen-bond donors (Lipinski definition) is 0. The van der Waals surface area contributed by atoms with Gasteiger partial charge in [0.15, 0.2) is 5.41 Å². The second-order valence-electron chi connectivity index (χ2n) is 5.05. The third kappa shape index (κ3) is 1.84. The summed E-state index contributed by atoms with van der Waals surface area (Å²) in [4.78, 5) is 37.1. The number of nitriles is 1. The predicted molar refractivity (Wildman–Crippen MR) is 75.7 cm³/mol. The molecule has 7 nitrogen and oxygen atoms in total. The number of benzene rings is 1. The average molecular weight is 317 g/mol. The second kappa shape index (κ2) is 5.72. The van der Waals surface area contributed by atoms with Gasteiger partial charge in [0.2, 0.25) is 5.41 Å². The Morgan fingerprint density at radius 3 is 1.83 bits per heavy atom. The van der Waals surface area contributed by atoms with Crippen LogP contribution in [-0.2, 0) is 28.6 Å². The summed E-state index contributed by atoms with van der Waals surface area (Å²) in [7, 11) is 3.24. The molecular weight excluding hydrogens is 302 g/mol. The summed E-state index contributed by atoms with van der Waals surface area (Å²) in [5.41, 5.74) is -3.64. The molecule has 0 saturated heterocycles. The summed E-state index contributed by atoms with van der Waals surface area (Å²) in [5, 5.41) is 9.65. The molecule has 1 aromatic rings. The molecule has 1 fully saturated rings. The first-order valence-electron chi connectivity index (χ1n) is 6.70. The molecule has 1 saturated carbocycles. The van der Waals surface area contributed by atoms with Gasteiger partial charge in [-0.05, 0) is 5.56 Å². The lowest BCUT2D eigenvalue weighted by atomic mass is 9.93. The molecule has 0 heterocycles. The Kier molecular flexibility index (Phi) is 4.10. The highest BCUT2D eigenvalue weighted by Crippen LogP contribution is 2.75.